The second-order valence-electron chi connectivity index (χ2n) is 11.5. The zero-order valence-electron chi connectivity index (χ0n) is 24.4. The van der Waals surface area contributed by atoms with Crippen molar-refractivity contribution in [3.63, 3.8) is 0 Å². The Bertz CT molecular complexity index is 1890. The number of aryl methyl sites for hydroxylation is 1. The molecule has 0 spiro atoms. The summed E-state index contributed by atoms with van der Waals surface area (Å²) in [6.07, 6.45) is 5.22. The Morgan fingerprint density at radius 3 is 2.62 bits per heavy atom. The van der Waals surface area contributed by atoms with Crippen molar-refractivity contribution in [2.45, 2.75) is 58.3 Å². The molecule has 1 N–H and O–H groups in total. The highest BCUT2D eigenvalue weighted by Gasteiger charge is 2.28. The highest BCUT2D eigenvalue weighted by Crippen LogP contribution is 2.39. The quantitative estimate of drug-likeness (QED) is 0.250. The zero-order chi connectivity index (χ0) is 29.0. The Morgan fingerprint density at radius 1 is 1.02 bits per heavy atom. The van der Waals surface area contributed by atoms with E-state index in [-0.39, 0.29) is 12.0 Å². The van der Waals surface area contributed by atoms with Gasteiger partial charge in [-0.1, -0.05) is 56.3 Å². The molecule has 1 unspecified atom stereocenters. The summed E-state index contributed by atoms with van der Waals surface area (Å²) < 4.78 is 11.8. The summed E-state index contributed by atoms with van der Waals surface area (Å²) in [7, 11) is 1.92. The lowest BCUT2D eigenvalue weighted by atomic mass is 9.95. The lowest BCUT2D eigenvalue weighted by Crippen LogP contribution is -2.10. The first-order valence-electron chi connectivity index (χ1n) is 14.6. The van der Waals surface area contributed by atoms with Crippen LogP contribution < -0.4 is 0 Å². The fourth-order valence-electron chi connectivity index (χ4n) is 6.27. The lowest BCUT2D eigenvalue weighted by Gasteiger charge is -2.15. The van der Waals surface area contributed by atoms with Gasteiger partial charge in [-0.15, -0.1) is 0 Å². The van der Waals surface area contributed by atoms with Crippen molar-refractivity contribution < 1.29 is 9.84 Å². The highest BCUT2D eigenvalue weighted by molar-refractivity contribution is 5.94. The smallest absolute Gasteiger partial charge is 0.181 e. The predicted molar refractivity (Wildman–Crippen MR) is 163 cm³/mol. The van der Waals surface area contributed by atoms with Crippen LogP contribution in [0.1, 0.15) is 67.3 Å². The van der Waals surface area contributed by atoms with E-state index >= 15 is 0 Å². The number of nitrogens with zero attached hydrogens (tertiary/aromatic N) is 7. The first-order chi connectivity index (χ1) is 20.4. The first-order valence-corrected chi connectivity index (χ1v) is 14.6. The molecular formula is C33H35N7O2. The number of fused-ring (bicyclic) bond motifs is 2. The second kappa shape index (κ2) is 10.5. The molecule has 9 nitrogen and oxygen atoms in total. The van der Waals surface area contributed by atoms with E-state index in [4.69, 9.17) is 19.9 Å². The maximum absolute atomic E-state index is 10.9. The monoisotopic (exact) mass is 561 g/mol. The Kier molecular flexibility index (Phi) is 6.63. The van der Waals surface area contributed by atoms with E-state index in [0.717, 1.165) is 75.3 Å². The van der Waals surface area contributed by atoms with Crippen molar-refractivity contribution in [3.05, 3.63) is 89.5 Å². The minimum absolute atomic E-state index is 0.0846. The van der Waals surface area contributed by atoms with Crippen molar-refractivity contribution in [2.24, 2.45) is 7.05 Å². The molecule has 0 bridgehead atoms. The molecule has 2 aromatic carbocycles. The summed E-state index contributed by atoms with van der Waals surface area (Å²) in [5.74, 6) is 0.236. The van der Waals surface area contributed by atoms with Gasteiger partial charge in [0.2, 0.25) is 0 Å². The van der Waals surface area contributed by atoms with Crippen LogP contribution in [-0.2, 0) is 18.3 Å². The Labute approximate surface area is 244 Å². The zero-order valence-corrected chi connectivity index (χ0v) is 24.4. The molecule has 6 aromatic rings. The summed E-state index contributed by atoms with van der Waals surface area (Å²) in [5.41, 5.74) is 8.48. The Hall–Kier alpha value is -4.34. The molecule has 1 saturated heterocycles. The van der Waals surface area contributed by atoms with E-state index < -0.39 is 6.10 Å². The van der Waals surface area contributed by atoms with Gasteiger partial charge in [0, 0.05) is 53.6 Å². The molecule has 1 aliphatic heterocycles. The maximum atomic E-state index is 10.9. The van der Waals surface area contributed by atoms with E-state index in [1.54, 1.807) is 4.68 Å². The summed E-state index contributed by atoms with van der Waals surface area (Å²) in [6, 6.07) is 18.0. The number of hydrogen-bond acceptors (Lipinski definition) is 6. The topological polar surface area (TPSA) is 95.8 Å². The average molecular weight is 562 g/mol. The minimum atomic E-state index is -0.650. The third-order valence-electron chi connectivity index (χ3n) is 8.22. The third kappa shape index (κ3) is 4.59. The van der Waals surface area contributed by atoms with E-state index in [1.165, 1.54) is 5.56 Å². The van der Waals surface area contributed by atoms with Crippen LogP contribution in [-0.4, -0.2) is 46.0 Å². The molecule has 42 heavy (non-hydrogen) atoms. The van der Waals surface area contributed by atoms with Crippen LogP contribution in [0.5, 0.6) is 0 Å². The van der Waals surface area contributed by atoms with Gasteiger partial charge in [-0.05, 0) is 43.4 Å². The molecule has 0 saturated carbocycles. The molecule has 0 aliphatic carbocycles. The van der Waals surface area contributed by atoms with Gasteiger partial charge in [0.05, 0.1) is 35.2 Å². The normalized spacial score (nSPS) is 16.3. The Balaban J connectivity index is 1.36. The molecule has 2 atom stereocenters. The number of aliphatic hydroxyl groups excluding tert-OH is 1. The van der Waals surface area contributed by atoms with Gasteiger partial charge in [-0.3, -0.25) is 9.36 Å². The highest BCUT2D eigenvalue weighted by atomic mass is 16.5. The molecule has 214 valence electrons. The van der Waals surface area contributed by atoms with Crippen LogP contribution >= 0.6 is 0 Å². The lowest BCUT2D eigenvalue weighted by molar-refractivity contribution is 0.108. The summed E-state index contributed by atoms with van der Waals surface area (Å²) in [6.45, 7) is 7.66. The molecule has 0 radical (unpaired) electrons. The van der Waals surface area contributed by atoms with Gasteiger partial charge in [0.1, 0.15) is 6.10 Å². The second-order valence-corrected chi connectivity index (χ2v) is 11.5. The largest absolute Gasteiger partial charge is 0.386 e. The van der Waals surface area contributed by atoms with E-state index in [9.17, 15) is 5.11 Å². The molecule has 7 rings (SSSR count). The number of aliphatic hydroxyl groups is 1. The van der Waals surface area contributed by atoms with E-state index in [0.29, 0.717) is 6.54 Å². The number of rotatable bonds is 7. The number of benzene rings is 2. The molecule has 1 fully saturated rings. The van der Waals surface area contributed by atoms with Crippen LogP contribution in [0.4, 0.5) is 0 Å². The van der Waals surface area contributed by atoms with Crippen molar-refractivity contribution >= 4 is 21.9 Å². The average Bonchev–Trinajstić information content (AvgIpc) is 3.77. The van der Waals surface area contributed by atoms with Crippen LogP contribution in [0, 0.1) is 6.92 Å². The van der Waals surface area contributed by atoms with E-state index in [1.807, 2.05) is 71.3 Å². The van der Waals surface area contributed by atoms with Gasteiger partial charge >= 0.3 is 0 Å². The van der Waals surface area contributed by atoms with Gasteiger partial charge in [-0.25, -0.2) is 9.67 Å². The minimum Gasteiger partial charge on any atom is -0.386 e. The summed E-state index contributed by atoms with van der Waals surface area (Å²) in [5, 5.41) is 27.5. The van der Waals surface area contributed by atoms with E-state index in [2.05, 4.69) is 38.0 Å². The number of aromatic nitrogens is 7. The number of ether oxygens (including phenoxy) is 1. The molecule has 9 heteroatoms. The Morgan fingerprint density at radius 2 is 1.86 bits per heavy atom. The van der Waals surface area contributed by atoms with Crippen LogP contribution in [0.3, 0.4) is 0 Å². The standard InChI is InChI=1S/C33H35N7O2/c1-20(2)30-21(3)40(27-16-23-17-38(4)37-33(23)34-32(27)29-14-9-15-42-29)36-31(30)24-12-8-13-26-25(24)18-39(35-26)19-28(41)22-10-6-5-7-11-22/h5-8,10-13,16-18,20,28-29,41H,9,14-15,19H2,1-4H3/t28-,29?/m0/s1. The fourth-order valence-corrected chi connectivity index (χ4v) is 6.27. The van der Waals surface area contributed by atoms with Gasteiger partial charge < -0.3 is 9.84 Å². The van der Waals surface area contributed by atoms with Gasteiger partial charge in [0.25, 0.3) is 0 Å². The molecule has 4 aromatic heterocycles. The van der Waals surface area contributed by atoms with Gasteiger partial charge in [-0.2, -0.15) is 15.3 Å². The maximum Gasteiger partial charge on any atom is 0.181 e. The molecule has 5 heterocycles. The third-order valence-corrected chi connectivity index (χ3v) is 8.22. The fraction of sp³-hybridized carbons (Fsp3) is 0.333. The van der Waals surface area contributed by atoms with Crippen LogP contribution in [0.25, 0.3) is 38.9 Å². The van der Waals surface area contributed by atoms with Crippen LogP contribution in [0.2, 0.25) is 0 Å². The van der Waals surface area contributed by atoms with Gasteiger partial charge in [0.15, 0.2) is 5.65 Å². The van der Waals surface area contributed by atoms with Crippen molar-refractivity contribution in [1.29, 1.82) is 0 Å². The van der Waals surface area contributed by atoms with Crippen molar-refractivity contribution in [2.75, 3.05) is 6.61 Å². The summed E-state index contributed by atoms with van der Waals surface area (Å²) in [4.78, 5) is 5.00. The predicted octanol–water partition coefficient (Wildman–Crippen LogP) is 6.19. The van der Waals surface area contributed by atoms with Crippen molar-refractivity contribution in [3.8, 4) is 16.9 Å². The van der Waals surface area contributed by atoms with Crippen LogP contribution in [0.15, 0.2) is 67.0 Å². The SMILES string of the molecule is Cc1c(C(C)C)c(-c2cccc3nn(C[C@H](O)c4ccccc4)cc23)nn1-c1cc2cn(C)nc2nc1C1CCCO1. The molecule has 1 aliphatic rings. The number of pyridine rings is 1. The molecular weight excluding hydrogens is 526 g/mol. The molecule has 0 amide bonds. The first kappa shape index (κ1) is 26.6. The number of hydrogen-bond donors (Lipinski definition) is 1. The summed E-state index contributed by atoms with van der Waals surface area (Å²) >= 11 is 0. The van der Waals surface area contributed by atoms with Crippen molar-refractivity contribution in [1.82, 2.24) is 34.3 Å².